The molecule has 3 heteroatoms. The fourth-order valence-corrected chi connectivity index (χ4v) is 5.22. The predicted octanol–water partition coefficient (Wildman–Crippen LogP) is 2.45. The van der Waals surface area contributed by atoms with E-state index in [9.17, 15) is 4.21 Å². The second kappa shape index (κ2) is 5.63. The van der Waals surface area contributed by atoms with E-state index >= 15 is 0 Å². The highest BCUT2D eigenvalue weighted by molar-refractivity contribution is 7.86. The van der Waals surface area contributed by atoms with E-state index in [4.69, 9.17) is 0 Å². The van der Waals surface area contributed by atoms with Gasteiger partial charge in [0, 0.05) is 22.1 Å². The second-order valence-corrected chi connectivity index (χ2v) is 7.56. The van der Waals surface area contributed by atoms with Crippen LogP contribution in [0, 0.1) is 5.92 Å². The summed E-state index contributed by atoms with van der Waals surface area (Å²) in [7, 11) is -0.606. The summed E-state index contributed by atoms with van der Waals surface area (Å²) >= 11 is 0. The largest absolute Gasteiger partial charge is 0.313 e. The Morgan fingerprint density at radius 3 is 2.88 bits per heavy atom. The smallest absolute Gasteiger partial charge is 0.0506 e. The fraction of sp³-hybridized carbons (Fsp3) is 1.00. The molecule has 1 saturated heterocycles. The Balaban J connectivity index is 2.03. The van der Waals surface area contributed by atoms with Crippen LogP contribution in [0.3, 0.4) is 0 Å². The lowest BCUT2D eigenvalue weighted by Gasteiger charge is -2.35. The van der Waals surface area contributed by atoms with E-state index in [1.807, 2.05) is 0 Å². The Morgan fingerprint density at radius 1 is 1.31 bits per heavy atom. The zero-order chi connectivity index (χ0) is 11.5. The Morgan fingerprint density at radius 2 is 2.12 bits per heavy atom. The van der Waals surface area contributed by atoms with Crippen LogP contribution in [-0.4, -0.2) is 27.3 Å². The van der Waals surface area contributed by atoms with Crippen molar-refractivity contribution >= 4 is 10.8 Å². The number of hydrogen-bond donors (Lipinski definition) is 1. The minimum absolute atomic E-state index is 0.392. The van der Waals surface area contributed by atoms with Crippen molar-refractivity contribution < 1.29 is 4.21 Å². The van der Waals surface area contributed by atoms with Gasteiger partial charge in [0.1, 0.15) is 0 Å². The molecule has 2 nitrogen and oxygen atoms in total. The van der Waals surface area contributed by atoms with Gasteiger partial charge in [0.05, 0.1) is 5.25 Å². The Labute approximate surface area is 102 Å². The predicted molar refractivity (Wildman–Crippen MR) is 70.0 cm³/mol. The van der Waals surface area contributed by atoms with Crippen LogP contribution in [0.15, 0.2) is 0 Å². The Hall–Kier alpha value is 0.110. The topological polar surface area (TPSA) is 29.1 Å². The summed E-state index contributed by atoms with van der Waals surface area (Å²) in [5.41, 5.74) is 0. The summed E-state index contributed by atoms with van der Waals surface area (Å²) in [6, 6.07) is 0.541. The monoisotopic (exact) mass is 243 g/mol. The minimum Gasteiger partial charge on any atom is -0.313 e. The zero-order valence-electron chi connectivity index (χ0n) is 10.6. The third kappa shape index (κ3) is 2.67. The van der Waals surface area contributed by atoms with Gasteiger partial charge in [-0.25, -0.2) is 0 Å². The minimum atomic E-state index is -0.606. The average Bonchev–Trinajstić information content (AvgIpc) is 2.42. The zero-order valence-corrected chi connectivity index (χ0v) is 11.4. The van der Waals surface area contributed by atoms with Gasteiger partial charge < -0.3 is 5.32 Å². The van der Waals surface area contributed by atoms with Crippen molar-refractivity contribution in [1.82, 2.24) is 5.32 Å². The lowest BCUT2D eigenvalue weighted by atomic mass is 9.83. The van der Waals surface area contributed by atoms with Gasteiger partial charge in [-0.1, -0.05) is 26.7 Å². The van der Waals surface area contributed by atoms with E-state index < -0.39 is 10.8 Å². The SMILES string of the molecule is CCCC1CCC2NCCC(C)S(=O)C2C1. The van der Waals surface area contributed by atoms with Crippen molar-refractivity contribution in [2.75, 3.05) is 6.54 Å². The first-order valence-electron chi connectivity index (χ1n) is 6.85. The molecule has 1 aliphatic carbocycles. The molecule has 2 rings (SSSR count). The van der Waals surface area contributed by atoms with E-state index in [0.29, 0.717) is 16.5 Å². The molecule has 1 saturated carbocycles. The van der Waals surface area contributed by atoms with Crippen LogP contribution in [0.4, 0.5) is 0 Å². The molecule has 94 valence electrons. The van der Waals surface area contributed by atoms with E-state index in [1.54, 1.807) is 0 Å². The van der Waals surface area contributed by atoms with Crippen LogP contribution >= 0.6 is 0 Å². The molecule has 0 aromatic heterocycles. The average molecular weight is 243 g/mol. The molecule has 2 aliphatic rings. The lowest BCUT2D eigenvalue weighted by molar-refractivity contribution is 0.288. The first kappa shape index (κ1) is 12.6. The quantitative estimate of drug-likeness (QED) is 0.807. The molecule has 0 amide bonds. The number of rotatable bonds is 2. The standard InChI is InChI=1S/C13H25NOS/c1-3-4-11-5-6-12-13(9-11)16(15)10(2)7-8-14-12/h10-14H,3-9H2,1-2H3. The molecular formula is C13H25NOS. The summed E-state index contributed by atoms with van der Waals surface area (Å²) in [4.78, 5) is 0. The third-order valence-electron chi connectivity index (χ3n) is 4.25. The molecule has 1 N–H and O–H groups in total. The van der Waals surface area contributed by atoms with E-state index in [0.717, 1.165) is 18.9 Å². The van der Waals surface area contributed by atoms with Gasteiger partial charge in [0.2, 0.25) is 0 Å². The summed E-state index contributed by atoms with van der Waals surface area (Å²) in [5.74, 6) is 0.835. The van der Waals surface area contributed by atoms with E-state index in [2.05, 4.69) is 19.2 Å². The highest BCUT2D eigenvalue weighted by atomic mass is 32.2. The number of nitrogens with one attached hydrogen (secondary N) is 1. The van der Waals surface area contributed by atoms with Crippen LogP contribution in [-0.2, 0) is 10.8 Å². The van der Waals surface area contributed by atoms with Gasteiger partial charge >= 0.3 is 0 Å². The second-order valence-electron chi connectivity index (χ2n) is 5.49. The lowest BCUT2D eigenvalue weighted by Crippen LogP contribution is -2.45. The maximum atomic E-state index is 12.4. The van der Waals surface area contributed by atoms with Gasteiger partial charge in [-0.2, -0.15) is 0 Å². The van der Waals surface area contributed by atoms with Crippen molar-refractivity contribution in [1.29, 1.82) is 0 Å². The van der Waals surface area contributed by atoms with Crippen LogP contribution in [0.1, 0.15) is 52.4 Å². The molecule has 5 atom stereocenters. The molecule has 5 unspecified atom stereocenters. The summed E-state index contributed by atoms with van der Waals surface area (Å²) in [6.45, 7) is 5.48. The molecule has 1 heterocycles. The summed E-state index contributed by atoms with van der Waals surface area (Å²) in [5, 5.41) is 4.44. The van der Waals surface area contributed by atoms with Gasteiger partial charge in [0.25, 0.3) is 0 Å². The Kier molecular flexibility index (Phi) is 4.42. The van der Waals surface area contributed by atoms with E-state index in [-0.39, 0.29) is 0 Å². The molecule has 2 fully saturated rings. The van der Waals surface area contributed by atoms with Crippen molar-refractivity contribution in [2.45, 2.75) is 68.9 Å². The highest BCUT2D eigenvalue weighted by Gasteiger charge is 2.37. The summed E-state index contributed by atoms with van der Waals surface area (Å²) < 4.78 is 12.4. The number of hydrogen-bond acceptors (Lipinski definition) is 2. The summed E-state index contributed by atoms with van der Waals surface area (Å²) in [6.07, 6.45) is 7.47. The van der Waals surface area contributed by atoms with Crippen LogP contribution in [0.5, 0.6) is 0 Å². The molecule has 0 spiro atoms. The first-order valence-corrected chi connectivity index (χ1v) is 8.12. The maximum absolute atomic E-state index is 12.4. The fourth-order valence-electron chi connectivity index (χ4n) is 3.26. The van der Waals surface area contributed by atoms with Gasteiger partial charge in [-0.3, -0.25) is 4.21 Å². The van der Waals surface area contributed by atoms with Crippen molar-refractivity contribution in [3.8, 4) is 0 Å². The normalized spacial score (nSPS) is 44.8. The van der Waals surface area contributed by atoms with E-state index in [1.165, 1.54) is 32.1 Å². The first-order chi connectivity index (χ1) is 7.72. The highest BCUT2D eigenvalue weighted by Crippen LogP contribution is 2.33. The number of fused-ring (bicyclic) bond motifs is 1. The van der Waals surface area contributed by atoms with Crippen molar-refractivity contribution in [3.05, 3.63) is 0 Å². The van der Waals surface area contributed by atoms with Gasteiger partial charge in [0.15, 0.2) is 0 Å². The van der Waals surface area contributed by atoms with Crippen LogP contribution < -0.4 is 5.32 Å². The molecule has 0 bridgehead atoms. The molecular weight excluding hydrogens is 218 g/mol. The van der Waals surface area contributed by atoms with Gasteiger partial charge in [-0.05, 0) is 38.1 Å². The molecule has 0 aromatic carbocycles. The molecule has 1 aliphatic heterocycles. The van der Waals surface area contributed by atoms with Crippen molar-refractivity contribution in [2.24, 2.45) is 5.92 Å². The Bertz CT molecular complexity index is 256. The van der Waals surface area contributed by atoms with Crippen LogP contribution in [0.25, 0.3) is 0 Å². The maximum Gasteiger partial charge on any atom is 0.0506 e. The van der Waals surface area contributed by atoms with Crippen LogP contribution in [0.2, 0.25) is 0 Å². The molecule has 0 aromatic rings. The van der Waals surface area contributed by atoms with Gasteiger partial charge in [-0.15, -0.1) is 0 Å². The third-order valence-corrected chi connectivity index (χ3v) is 6.40. The molecule has 0 radical (unpaired) electrons. The van der Waals surface area contributed by atoms with Crippen molar-refractivity contribution in [3.63, 3.8) is 0 Å². The molecule has 16 heavy (non-hydrogen) atoms.